The van der Waals surface area contributed by atoms with Crippen molar-refractivity contribution in [2.75, 3.05) is 20.3 Å². The molecule has 1 aliphatic carbocycles. The molecule has 0 aliphatic heterocycles. The highest BCUT2D eigenvalue weighted by molar-refractivity contribution is 4.92. The largest absolute Gasteiger partial charge is 0.385 e. The first kappa shape index (κ1) is 11.0. The third-order valence-corrected chi connectivity index (χ3v) is 2.76. The minimum absolute atomic E-state index is 0.850. The first-order valence-electron chi connectivity index (χ1n) is 5.60. The summed E-state index contributed by atoms with van der Waals surface area (Å²) in [6, 6.07) is 0.850. The lowest BCUT2D eigenvalue weighted by atomic mass is 10.2. The SMILES string of the molecule is CCCC1CC1NCCCCOC. The monoisotopic (exact) mass is 185 g/mol. The van der Waals surface area contributed by atoms with E-state index >= 15 is 0 Å². The molecule has 0 aromatic heterocycles. The van der Waals surface area contributed by atoms with Gasteiger partial charge in [0, 0.05) is 19.8 Å². The van der Waals surface area contributed by atoms with E-state index in [2.05, 4.69) is 12.2 Å². The normalized spacial score (nSPS) is 26.3. The zero-order chi connectivity index (χ0) is 9.52. The van der Waals surface area contributed by atoms with Crippen molar-refractivity contribution in [1.29, 1.82) is 0 Å². The predicted octanol–water partition coefficient (Wildman–Crippen LogP) is 2.19. The molecule has 0 aromatic rings. The third kappa shape index (κ3) is 4.63. The molecule has 1 rings (SSSR count). The molecule has 13 heavy (non-hydrogen) atoms. The Morgan fingerprint density at radius 2 is 2.23 bits per heavy atom. The van der Waals surface area contributed by atoms with E-state index in [0.717, 1.165) is 18.6 Å². The summed E-state index contributed by atoms with van der Waals surface area (Å²) < 4.78 is 5.00. The molecule has 2 unspecified atom stereocenters. The highest BCUT2D eigenvalue weighted by atomic mass is 16.5. The summed E-state index contributed by atoms with van der Waals surface area (Å²) in [6.07, 6.45) is 6.61. The van der Waals surface area contributed by atoms with Gasteiger partial charge in [0.2, 0.25) is 0 Å². The van der Waals surface area contributed by atoms with Crippen LogP contribution in [0.3, 0.4) is 0 Å². The lowest BCUT2D eigenvalue weighted by Gasteiger charge is -2.03. The molecule has 2 heteroatoms. The predicted molar refractivity (Wildman–Crippen MR) is 55.9 cm³/mol. The fraction of sp³-hybridized carbons (Fsp3) is 1.00. The second-order valence-corrected chi connectivity index (χ2v) is 4.04. The summed E-state index contributed by atoms with van der Waals surface area (Å²) >= 11 is 0. The van der Waals surface area contributed by atoms with Crippen LogP contribution in [0.25, 0.3) is 0 Å². The molecule has 78 valence electrons. The molecular weight excluding hydrogens is 162 g/mol. The number of methoxy groups -OCH3 is 1. The standard InChI is InChI=1S/C11H23NO/c1-3-6-10-9-11(10)12-7-4-5-8-13-2/h10-12H,3-9H2,1-2H3. The molecule has 0 bridgehead atoms. The molecule has 1 fully saturated rings. The van der Waals surface area contributed by atoms with Crippen molar-refractivity contribution in [2.45, 2.75) is 45.1 Å². The maximum absolute atomic E-state index is 5.00. The van der Waals surface area contributed by atoms with Crippen LogP contribution in [0.4, 0.5) is 0 Å². The van der Waals surface area contributed by atoms with Gasteiger partial charge in [-0.2, -0.15) is 0 Å². The maximum Gasteiger partial charge on any atom is 0.0462 e. The van der Waals surface area contributed by atoms with E-state index in [1.165, 1.54) is 38.6 Å². The molecule has 2 nitrogen and oxygen atoms in total. The number of rotatable bonds is 8. The van der Waals surface area contributed by atoms with Crippen LogP contribution in [-0.2, 0) is 4.74 Å². The average Bonchev–Trinajstić information content (AvgIpc) is 2.84. The van der Waals surface area contributed by atoms with Crippen molar-refractivity contribution in [3.05, 3.63) is 0 Å². The lowest BCUT2D eigenvalue weighted by Crippen LogP contribution is -2.19. The molecule has 0 spiro atoms. The minimum atomic E-state index is 0.850. The van der Waals surface area contributed by atoms with Crippen molar-refractivity contribution in [1.82, 2.24) is 5.32 Å². The third-order valence-electron chi connectivity index (χ3n) is 2.76. The minimum Gasteiger partial charge on any atom is -0.385 e. The van der Waals surface area contributed by atoms with Gasteiger partial charge in [-0.15, -0.1) is 0 Å². The van der Waals surface area contributed by atoms with Crippen LogP contribution in [0.15, 0.2) is 0 Å². The van der Waals surface area contributed by atoms with Gasteiger partial charge in [0.15, 0.2) is 0 Å². The van der Waals surface area contributed by atoms with Gasteiger partial charge in [0.05, 0.1) is 0 Å². The lowest BCUT2D eigenvalue weighted by molar-refractivity contribution is 0.192. The Morgan fingerprint density at radius 3 is 2.92 bits per heavy atom. The number of hydrogen-bond acceptors (Lipinski definition) is 2. The number of unbranched alkanes of at least 4 members (excludes halogenated alkanes) is 1. The van der Waals surface area contributed by atoms with Crippen molar-refractivity contribution < 1.29 is 4.74 Å². The van der Waals surface area contributed by atoms with Crippen LogP contribution in [-0.4, -0.2) is 26.3 Å². The van der Waals surface area contributed by atoms with Gasteiger partial charge < -0.3 is 10.1 Å². The second kappa shape index (κ2) is 6.39. The highest BCUT2D eigenvalue weighted by Gasteiger charge is 2.34. The first-order chi connectivity index (χ1) is 6.38. The molecule has 0 heterocycles. The van der Waals surface area contributed by atoms with Crippen molar-refractivity contribution >= 4 is 0 Å². The summed E-state index contributed by atoms with van der Waals surface area (Å²) in [4.78, 5) is 0. The smallest absolute Gasteiger partial charge is 0.0462 e. The first-order valence-corrected chi connectivity index (χ1v) is 5.60. The van der Waals surface area contributed by atoms with Crippen molar-refractivity contribution in [3.8, 4) is 0 Å². The van der Waals surface area contributed by atoms with E-state index in [1.54, 1.807) is 7.11 Å². The van der Waals surface area contributed by atoms with Gasteiger partial charge in [0.25, 0.3) is 0 Å². The summed E-state index contributed by atoms with van der Waals surface area (Å²) in [5.74, 6) is 0.993. The van der Waals surface area contributed by atoms with Crippen LogP contribution in [0.1, 0.15) is 39.0 Å². The Labute approximate surface area is 82.0 Å². The van der Waals surface area contributed by atoms with E-state index in [-0.39, 0.29) is 0 Å². The molecule has 0 saturated heterocycles. The Kier molecular flexibility index (Phi) is 5.40. The van der Waals surface area contributed by atoms with E-state index in [9.17, 15) is 0 Å². The Bertz CT molecular complexity index is 127. The fourth-order valence-electron chi connectivity index (χ4n) is 1.85. The molecule has 2 atom stereocenters. The van der Waals surface area contributed by atoms with Gasteiger partial charge in [-0.25, -0.2) is 0 Å². The maximum atomic E-state index is 5.00. The van der Waals surface area contributed by atoms with E-state index in [1.807, 2.05) is 0 Å². The number of nitrogens with one attached hydrogen (secondary N) is 1. The van der Waals surface area contributed by atoms with Gasteiger partial charge in [-0.3, -0.25) is 0 Å². The van der Waals surface area contributed by atoms with Gasteiger partial charge in [-0.1, -0.05) is 13.3 Å². The number of hydrogen-bond donors (Lipinski definition) is 1. The average molecular weight is 185 g/mol. The number of ether oxygens (including phenoxy) is 1. The zero-order valence-corrected chi connectivity index (χ0v) is 9.01. The summed E-state index contributed by atoms with van der Waals surface area (Å²) in [5, 5.41) is 3.59. The molecule has 1 saturated carbocycles. The Balaban J connectivity index is 1.80. The van der Waals surface area contributed by atoms with Gasteiger partial charge in [0.1, 0.15) is 0 Å². The van der Waals surface area contributed by atoms with E-state index < -0.39 is 0 Å². The van der Waals surface area contributed by atoms with Crippen LogP contribution in [0.5, 0.6) is 0 Å². The van der Waals surface area contributed by atoms with Crippen molar-refractivity contribution in [2.24, 2.45) is 5.92 Å². The van der Waals surface area contributed by atoms with E-state index in [0.29, 0.717) is 0 Å². The Morgan fingerprint density at radius 1 is 1.38 bits per heavy atom. The molecule has 1 aliphatic rings. The summed E-state index contributed by atoms with van der Waals surface area (Å²) in [6.45, 7) is 4.35. The molecule has 0 radical (unpaired) electrons. The van der Waals surface area contributed by atoms with E-state index in [4.69, 9.17) is 4.74 Å². The van der Waals surface area contributed by atoms with Gasteiger partial charge in [-0.05, 0) is 38.1 Å². The topological polar surface area (TPSA) is 21.3 Å². The van der Waals surface area contributed by atoms with Crippen molar-refractivity contribution in [3.63, 3.8) is 0 Å². The fourth-order valence-corrected chi connectivity index (χ4v) is 1.85. The van der Waals surface area contributed by atoms with Crippen LogP contribution < -0.4 is 5.32 Å². The summed E-state index contributed by atoms with van der Waals surface area (Å²) in [5.41, 5.74) is 0. The summed E-state index contributed by atoms with van der Waals surface area (Å²) in [7, 11) is 1.77. The van der Waals surface area contributed by atoms with Crippen LogP contribution in [0, 0.1) is 5.92 Å². The van der Waals surface area contributed by atoms with Crippen LogP contribution >= 0.6 is 0 Å². The Hall–Kier alpha value is -0.0800. The quantitative estimate of drug-likeness (QED) is 0.585. The van der Waals surface area contributed by atoms with Gasteiger partial charge >= 0.3 is 0 Å². The second-order valence-electron chi connectivity index (χ2n) is 4.04. The highest BCUT2D eigenvalue weighted by Crippen LogP contribution is 2.34. The van der Waals surface area contributed by atoms with Crippen LogP contribution in [0.2, 0.25) is 0 Å². The molecular formula is C11H23NO. The molecule has 0 amide bonds. The molecule has 0 aromatic carbocycles. The zero-order valence-electron chi connectivity index (χ0n) is 9.01. The molecule has 1 N–H and O–H groups in total.